The van der Waals surface area contributed by atoms with Crippen LogP contribution in [-0.2, 0) is 34.4 Å². The fourth-order valence-electron chi connectivity index (χ4n) is 7.89. The number of benzene rings is 4. The number of nitriles is 1. The van der Waals surface area contributed by atoms with Gasteiger partial charge in [-0.15, -0.1) is 22.7 Å². The molecule has 0 aliphatic carbocycles. The fourth-order valence-corrected chi connectivity index (χ4v) is 13.3. The second-order valence-electron chi connectivity index (χ2n) is 20.6. The first kappa shape index (κ1) is 58.5. The molecule has 6 aromatic rings. The molecule has 0 radical (unpaired) electrons. The smallest absolute Gasteiger partial charge is 0.319 e. The molecule has 4 heterocycles. The number of nitrogens with zero attached hydrogens (tertiary/aromatic N) is 5. The number of nitrogens with two attached hydrogens (primary N) is 1. The van der Waals surface area contributed by atoms with Gasteiger partial charge in [0.2, 0.25) is 31.9 Å². The molecule has 0 saturated carbocycles. The predicted molar refractivity (Wildman–Crippen MR) is 303 cm³/mol. The van der Waals surface area contributed by atoms with Crippen LogP contribution in [-0.4, -0.2) is 81.0 Å². The summed E-state index contributed by atoms with van der Waals surface area (Å²) < 4.78 is 63.5. The molecule has 2 aliphatic rings. The first-order valence-corrected chi connectivity index (χ1v) is 29.2. The molecule has 22 heteroatoms. The molecule has 404 valence electrons. The molecule has 2 aromatic heterocycles. The number of carbonyl (C=O) groups is 3. The van der Waals surface area contributed by atoms with Gasteiger partial charge >= 0.3 is 6.03 Å². The lowest BCUT2D eigenvalue weighted by Crippen LogP contribution is -2.40. The van der Waals surface area contributed by atoms with Crippen LogP contribution in [0.25, 0.3) is 42.0 Å². The molecule has 4 aromatic carbocycles. The summed E-state index contributed by atoms with van der Waals surface area (Å²) in [6.45, 7) is 19.3. The van der Waals surface area contributed by atoms with E-state index in [1.165, 1.54) is 22.7 Å². The van der Waals surface area contributed by atoms with E-state index in [0.717, 1.165) is 33.9 Å². The van der Waals surface area contributed by atoms with Crippen LogP contribution in [0.3, 0.4) is 0 Å². The van der Waals surface area contributed by atoms with Crippen LogP contribution in [0.1, 0.15) is 94.9 Å². The van der Waals surface area contributed by atoms with Gasteiger partial charge in [-0.25, -0.2) is 41.0 Å². The van der Waals surface area contributed by atoms with Crippen molar-refractivity contribution in [3.05, 3.63) is 97.3 Å². The summed E-state index contributed by atoms with van der Waals surface area (Å²) >= 11 is 2.78. The van der Waals surface area contributed by atoms with Crippen molar-refractivity contribution in [2.45, 2.75) is 128 Å². The molecule has 2 fully saturated rings. The van der Waals surface area contributed by atoms with E-state index in [4.69, 9.17) is 11.0 Å². The summed E-state index contributed by atoms with van der Waals surface area (Å²) in [4.78, 5) is 50.5. The Morgan fingerprint density at radius 3 is 1.45 bits per heavy atom. The summed E-state index contributed by atoms with van der Waals surface area (Å²) in [5.74, 6) is -0.00196. The van der Waals surface area contributed by atoms with E-state index >= 15 is 0 Å². The lowest BCUT2D eigenvalue weighted by Gasteiger charge is -2.23. The number of hydrogen-bond acceptors (Lipinski definition) is 14. The van der Waals surface area contributed by atoms with Crippen molar-refractivity contribution in [1.29, 1.82) is 5.26 Å². The number of aromatic nitrogens is 2. The Kier molecular flexibility index (Phi) is 18.9. The number of urea groups is 1. The minimum atomic E-state index is -3.90. The van der Waals surface area contributed by atoms with Gasteiger partial charge in [0.25, 0.3) is 6.26 Å². The van der Waals surface area contributed by atoms with E-state index in [1.54, 1.807) is 131 Å². The average molecular weight is 1110 g/mol. The monoisotopic (exact) mass is 1110 g/mol. The van der Waals surface area contributed by atoms with Crippen LogP contribution >= 0.6 is 22.7 Å². The highest BCUT2D eigenvalue weighted by Gasteiger charge is 2.31. The van der Waals surface area contributed by atoms with E-state index in [1.807, 2.05) is 52.0 Å². The third-order valence-corrected chi connectivity index (χ3v) is 16.7. The molecule has 18 nitrogen and oxygen atoms in total. The first-order valence-electron chi connectivity index (χ1n) is 24.6. The number of hydrogen-bond donors (Lipinski definition) is 5. The van der Waals surface area contributed by atoms with Gasteiger partial charge in [-0.2, -0.15) is 5.26 Å². The largest absolute Gasteiger partial charge is 0.425 e. The van der Waals surface area contributed by atoms with Crippen LogP contribution in [0.5, 0.6) is 0 Å². The minimum absolute atomic E-state index is 0.00769. The van der Waals surface area contributed by atoms with Crippen molar-refractivity contribution in [3.63, 3.8) is 0 Å². The standard InChI is InChI=1S/C27H33N5O4S2.C23H26N4O3S2.C4H7NO/c1-17(2)29-26(34)30-19-10-8-18(9-11-19)25-28-16-22(37-25)21-13-12-20(32-14-6-7-24(32)33)15-23(21)38(35,36)31-27(3,4)5;1-23(2,3)26-32(29,30)20-13-17(27-12-4-5-21(27)28)10-11-18(20)19-14-25-22(31-19)15-6-8-16(24)9-7-15;1-4(2)6-3-5/h8-13,15-17,31H,6-7,14H2,1-5H3,(H2,29,30,34);6-11,13-14,26H,4-5,12,24H2,1-3H3;4H,1-2H3. The van der Waals surface area contributed by atoms with Gasteiger partial charge in [0.1, 0.15) is 16.1 Å². The highest BCUT2D eigenvalue weighted by molar-refractivity contribution is 7.90. The number of carbonyl (C=O) groups excluding carboxylic acids is 3. The van der Waals surface area contributed by atoms with Crippen molar-refractivity contribution < 1.29 is 36.0 Å². The Labute approximate surface area is 454 Å². The number of thiazole rings is 2. The average Bonchev–Trinajstić information content (AvgIpc) is 4.17. The van der Waals surface area contributed by atoms with E-state index in [-0.39, 0.29) is 39.8 Å². The zero-order valence-electron chi connectivity index (χ0n) is 44.3. The maximum atomic E-state index is 13.5. The van der Waals surface area contributed by atoms with Gasteiger partial charge in [-0.3, -0.25) is 9.59 Å². The Hall–Kier alpha value is -6.74. The SMILES string of the molecule is CC(C)(C)NS(=O)(=O)c1cc(N2CCCC2=O)ccc1-c1cnc(-c2ccc(N)cc2)s1.CC(C)NC(=O)Nc1ccc(-c2ncc(-c3ccc(N4CCCC4=O)cc3S(=O)(=O)NC(C)(C)C)s2)cc1.CC(C)OC#N. The van der Waals surface area contributed by atoms with Gasteiger partial charge in [0.05, 0.1) is 19.5 Å². The molecule has 0 atom stereocenters. The van der Waals surface area contributed by atoms with Crippen molar-refractivity contribution in [3.8, 4) is 48.3 Å². The molecule has 4 amide bonds. The van der Waals surface area contributed by atoms with Gasteiger partial charge in [0, 0.05) is 100 Å². The zero-order chi connectivity index (χ0) is 55.8. The lowest BCUT2D eigenvalue weighted by atomic mass is 10.1. The van der Waals surface area contributed by atoms with Crippen molar-refractivity contribution in [2.24, 2.45) is 0 Å². The van der Waals surface area contributed by atoms with E-state index < -0.39 is 31.1 Å². The number of nitrogens with one attached hydrogen (secondary N) is 4. The van der Waals surface area contributed by atoms with Crippen LogP contribution in [0, 0.1) is 11.5 Å². The van der Waals surface area contributed by atoms with Crippen LogP contribution in [0.15, 0.2) is 107 Å². The predicted octanol–water partition coefficient (Wildman–Crippen LogP) is 10.4. The molecular weight excluding hydrogens is 1040 g/mol. The third kappa shape index (κ3) is 15.9. The lowest BCUT2D eigenvalue weighted by molar-refractivity contribution is -0.117. The molecule has 76 heavy (non-hydrogen) atoms. The number of sulfonamides is 2. The maximum absolute atomic E-state index is 13.5. The quantitative estimate of drug-likeness (QED) is 0.0534. The van der Waals surface area contributed by atoms with E-state index in [9.17, 15) is 31.2 Å². The molecule has 0 unspecified atom stereocenters. The van der Waals surface area contributed by atoms with Crippen molar-refractivity contribution >= 4 is 83.3 Å². The molecule has 2 aliphatic heterocycles. The second kappa shape index (κ2) is 24.5. The van der Waals surface area contributed by atoms with Crippen molar-refractivity contribution in [1.82, 2.24) is 24.7 Å². The number of nitrogen functional groups attached to an aromatic ring is 1. The number of ether oxygens (including phenoxy) is 1. The molecule has 0 bridgehead atoms. The molecule has 2 saturated heterocycles. The highest BCUT2D eigenvalue weighted by Crippen LogP contribution is 2.40. The van der Waals surface area contributed by atoms with E-state index in [2.05, 4.69) is 34.8 Å². The van der Waals surface area contributed by atoms with Crippen LogP contribution in [0.2, 0.25) is 0 Å². The number of anilines is 4. The summed E-state index contributed by atoms with van der Waals surface area (Å²) in [6, 6.07) is 24.7. The van der Waals surface area contributed by atoms with E-state index in [0.29, 0.717) is 69.7 Å². The van der Waals surface area contributed by atoms with Gasteiger partial charge in [-0.1, -0.05) is 12.1 Å². The Bertz CT molecular complexity index is 3300. The number of rotatable bonds is 13. The van der Waals surface area contributed by atoms with Gasteiger partial charge in [-0.05, 0) is 155 Å². The molecular formula is C54H66N10O8S4. The number of amides is 4. The Balaban J connectivity index is 0.000000225. The fraction of sp³-hybridized carbons (Fsp3) is 0.370. The summed E-state index contributed by atoms with van der Waals surface area (Å²) in [6.07, 6.45) is 7.40. The molecule has 0 spiro atoms. The van der Waals surface area contributed by atoms with Crippen LogP contribution in [0.4, 0.5) is 27.5 Å². The normalized spacial score (nSPS) is 14.0. The Morgan fingerprint density at radius 2 is 1.11 bits per heavy atom. The van der Waals surface area contributed by atoms with Crippen molar-refractivity contribution in [2.75, 3.05) is 33.9 Å². The highest BCUT2D eigenvalue weighted by atomic mass is 32.2. The summed E-state index contributed by atoms with van der Waals surface area (Å²) in [5.41, 5.74) is 9.73. The van der Waals surface area contributed by atoms with Gasteiger partial charge < -0.3 is 30.9 Å². The molecule has 6 N–H and O–H groups in total. The summed E-state index contributed by atoms with van der Waals surface area (Å²) in [5, 5.41) is 14.8. The minimum Gasteiger partial charge on any atom is -0.425 e. The third-order valence-electron chi connectivity index (χ3n) is 11.0. The molecule has 8 rings (SSSR count). The first-order chi connectivity index (χ1) is 35.6. The topological polar surface area (TPSA) is 259 Å². The Morgan fingerprint density at radius 1 is 0.684 bits per heavy atom. The van der Waals surface area contributed by atoms with Crippen LogP contribution < -0.4 is 35.6 Å². The second-order valence-corrected chi connectivity index (χ2v) is 26.0. The summed E-state index contributed by atoms with van der Waals surface area (Å²) in [7, 11) is -7.76. The zero-order valence-corrected chi connectivity index (χ0v) is 47.6. The van der Waals surface area contributed by atoms with Gasteiger partial charge in [0.15, 0.2) is 0 Å². The maximum Gasteiger partial charge on any atom is 0.319 e.